The zero-order valence-corrected chi connectivity index (χ0v) is 10.1. The lowest BCUT2D eigenvalue weighted by Crippen LogP contribution is -2.34. The van der Waals surface area contributed by atoms with Crippen molar-refractivity contribution in [2.45, 2.75) is 33.9 Å². The highest BCUT2D eigenvalue weighted by Gasteiger charge is 2.20. The Labute approximate surface area is 98.8 Å². The summed E-state index contributed by atoms with van der Waals surface area (Å²) in [7, 11) is 0. The molecule has 7 nitrogen and oxygen atoms in total. The number of aliphatic carboxylic acids is 1. The maximum absolute atomic E-state index is 11.6. The number of carbonyl (C=O) groups excluding carboxylic acids is 1. The van der Waals surface area contributed by atoms with Crippen molar-refractivity contribution in [1.29, 1.82) is 0 Å². The van der Waals surface area contributed by atoms with Gasteiger partial charge in [-0.1, -0.05) is 26.0 Å². The van der Waals surface area contributed by atoms with Crippen molar-refractivity contribution >= 4 is 11.9 Å². The number of amides is 1. The minimum Gasteiger partial charge on any atom is -0.480 e. The normalized spacial score (nSPS) is 11.2. The summed E-state index contributed by atoms with van der Waals surface area (Å²) in [5.41, 5.74) is 0.0701. The summed E-state index contributed by atoms with van der Waals surface area (Å²) in [5.74, 6) is -1.08. The SMILES string of the molecule is CC(C)(C)C(=O)NCc1cn(CC(=O)O)nn1. The molecule has 1 aromatic heterocycles. The molecule has 0 aliphatic carbocycles. The van der Waals surface area contributed by atoms with Crippen LogP contribution in [0.15, 0.2) is 6.20 Å². The average molecular weight is 240 g/mol. The summed E-state index contributed by atoms with van der Waals surface area (Å²) in [6.07, 6.45) is 1.50. The molecule has 1 amide bonds. The molecule has 0 saturated carbocycles. The molecule has 0 aromatic carbocycles. The minimum absolute atomic E-state index is 0.0923. The highest BCUT2D eigenvalue weighted by Crippen LogP contribution is 2.12. The van der Waals surface area contributed by atoms with Crippen molar-refractivity contribution in [2.24, 2.45) is 5.41 Å². The van der Waals surface area contributed by atoms with Gasteiger partial charge in [-0.25, -0.2) is 4.68 Å². The fraction of sp³-hybridized carbons (Fsp3) is 0.600. The molecule has 1 heterocycles. The summed E-state index contributed by atoms with van der Waals surface area (Å²) in [4.78, 5) is 22.0. The summed E-state index contributed by atoms with van der Waals surface area (Å²) in [6.45, 7) is 5.44. The Bertz CT molecular complexity index is 419. The zero-order valence-electron chi connectivity index (χ0n) is 10.1. The molecule has 1 rings (SSSR count). The van der Waals surface area contributed by atoms with Gasteiger partial charge in [-0.15, -0.1) is 5.10 Å². The van der Waals surface area contributed by atoms with Gasteiger partial charge in [0.15, 0.2) is 0 Å². The van der Waals surface area contributed by atoms with E-state index < -0.39 is 11.4 Å². The van der Waals surface area contributed by atoms with Crippen LogP contribution in [0.4, 0.5) is 0 Å². The Morgan fingerprint density at radius 3 is 2.65 bits per heavy atom. The molecule has 0 spiro atoms. The van der Waals surface area contributed by atoms with Crippen molar-refractivity contribution in [2.75, 3.05) is 0 Å². The summed E-state index contributed by atoms with van der Waals surface area (Å²) in [5, 5.41) is 18.6. The van der Waals surface area contributed by atoms with Crippen LogP contribution in [-0.4, -0.2) is 32.0 Å². The second kappa shape index (κ2) is 4.94. The van der Waals surface area contributed by atoms with Crippen molar-refractivity contribution < 1.29 is 14.7 Å². The highest BCUT2D eigenvalue weighted by molar-refractivity contribution is 5.81. The average Bonchev–Trinajstić information content (AvgIpc) is 2.59. The molecule has 0 bridgehead atoms. The molecule has 7 heteroatoms. The third-order valence-corrected chi connectivity index (χ3v) is 1.99. The first kappa shape index (κ1) is 13.1. The molecule has 0 unspecified atom stereocenters. The van der Waals surface area contributed by atoms with Gasteiger partial charge in [-0.05, 0) is 0 Å². The fourth-order valence-electron chi connectivity index (χ4n) is 1.07. The number of carbonyl (C=O) groups is 2. The van der Waals surface area contributed by atoms with Gasteiger partial charge in [0.2, 0.25) is 5.91 Å². The van der Waals surface area contributed by atoms with E-state index in [1.165, 1.54) is 10.9 Å². The highest BCUT2D eigenvalue weighted by atomic mass is 16.4. The first-order chi connectivity index (χ1) is 7.79. The Balaban J connectivity index is 2.50. The molecule has 0 radical (unpaired) electrons. The molecule has 1 aromatic rings. The van der Waals surface area contributed by atoms with E-state index >= 15 is 0 Å². The van der Waals surface area contributed by atoms with Crippen molar-refractivity contribution in [3.63, 3.8) is 0 Å². The lowest BCUT2D eigenvalue weighted by Gasteiger charge is -2.16. The zero-order chi connectivity index (χ0) is 13.1. The predicted molar refractivity (Wildman–Crippen MR) is 59.0 cm³/mol. The van der Waals surface area contributed by atoms with Crippen molar-refractivity contribution in [3.05, 3.63) is 11.9 Å². The maximum Gasteiger partial charge on any atom is 0.325 e. The lowest BCUT2D eigenvalue weighted by molar-refractivity contribution is -0.138. The molecule has 94 valence electrons. The van der Waals surface area contributed by atoms with Gasteiger partial charge in [0, 0.05) is 5.41 Å². The second-order valence-corrected chi connectivity index (χ2v) is 4.73. The predicted octanol–water partition coefficient (Wildman–Crippen LogP) is 0.0250. The van der Waals surface area contributed by atoms with Crippen LogP contribution in [0.25, 0.3) is 0 Å². The van der Waals surface area contributed by atoms with E-state index in [2.05, 4.69) is 15.6 Å². The number of aromatic nitrogens is 3. The van der Waals surface area contributed by atoms with Crippen molar-refractivity contribution in [3.8, 4) is 0 Å². The Kier molecular flexibility index (Phi) is 3.82. The molecule has 0 fully saturated rings. The minimum atomic E-state index is -0.986. The van der Waals surface area contributed by atoms with Crippen LogP contribution in [0.1, 0.15) is 26.5 Å². The molecule has 0 atom stereocenters. The number of hydrogen-bond acceptors (Lipinski definition) is 4. The maximum atomic E-state index is 11.6. The monoisotopic (exact) mass is 240 g/mol. The molecule has 0 saturated heterocycles. The van der Waals surface area contributed by atoms with Gasteiger partial charge in [0.1, 0.15) is 12.2 Å². The summed E-state index contributed by atoms with van der Waals surface area (Å²) < 4.78 is 1.21. The van der Waals surface area contributed by atoms with Crippen LogP contribution in [0, 0.1) is 5.41 Å². The molecular weight excluding hydrogens is 224 g/mol. The summed E-state index contributed by atoms with van der Waals surface area (Å²) >= 11 is 0. The molecule has 0 aliphatic heterocycles. The molecule has 0 aliphatic rings. The van der Waals surface area contributed by atoms with E-state index in [1.807, 2.05) is 20.8 Å². The van der Waals surface area contributed by atoms with E-state index in [9.17, 15) is 9.59 Å². The van der Waals surface area contributed by atoms with E-state index in [0.717, 1.165) is 0 Å². The van der Waals surface area contributed by atoms with Crippen LogP contribution >= 0.6 is 0 Å². The second-order valence-electron chi connectivity index (χ2n) is 4.73. The molecular formula is C10H16N4O3. The Morgan fingerprint density at radius 1 is 1.47 bits per heavy atom. The number of carboxylic acid groups (broad SMARTS) is 1. The van der Waals surface area contributed by atoms with E-state index in [0.29, 0.717) is 5.69 Å². The smallest absolute Gasteiger partial charge is 0.325 e. The van der Waals surface area contributed by atoms with Crippen LogP contribution in [0.3, 0.4) is 0 Å². The van der Waals surface area contributed by atoms with Crippen LogP contribution in [0.5, 0.6) is 0 Å². The van der Waals surface area contributed by atoms with E-state index in [-0.39, 0.29) is 19.0 Å². The lowest BCUT2D eigenvalue weighted by atomic mass is 9.96. The summed E-state index contributed by atoms with van der Waals surface area (Å²) in [6, 6.07) is 0. The van der Waals surface area contributed by atoms with Gasteiger partial charge in [0.05, 0.1) is 12.7 Å². The number of carboxylic acids is 1. The van der Waals surface area contributed by atoms with E-state index in [1.54, 1.807) is 0 Å². The standard InChI is InChI=1S/C10H16N4O3/c1-10(2,3)9(17)11-4-7-5-14(13-12-7)6-8(15)16/h5H,4,6H2,1-3H3,(H,11,17)(H,15,16). The first-order valence-corrected chi connectivity index (χ1v) is 5.18. The van der Waals surface area contributed by atoms with Crippen LogP contribution in [0.2, 0.25) is 0 Å². The van der Waals surface area contributed by atoms with Crippen LogP contribution in [-0.2, 0) is 22.7 Å². The van der Waals surface area contributed by atoms with Crippen molar-refractivity contribution in [1.82, 2.24) is 20.3 Å². The Morgan fingerprint density at radius 2 is 2.12 bits per heavy atom. The third-order valence-electron chi connectivity index (χ3n) is 1.99. The Hall–Kier alpha value is -1.92. The van der Waals surface area contributed by atoms with Gasteiger partial charge in [-0.3, -0.25) is 9.59 Å². The topological polar surface area (TPSA) is 97.1 Å². The van der Waals surface area contributed by atoms with Gasteiger partial charge < -0.3 is 10.4 Å². The van der Waals surface area contributed by atoms with Gasteiger partial charge >= 0.3 is 5.97 Å². The number of rotatable bonds is 4. The number of nitrogens with zero attached hydrogens (tertiary/aromatic N) is 3. The first-order valence-electron chi connectivity index (χ1n) is 5.18. The molecule has 2 N–H and O–H groups in total. The van der Waals surface area contributed by atoms with E-state index in [4.69, 9.17) is 5.11 Å². The number of nitrogens with one attached hydrogen (secondary N) is 1. The van der Waals surface area contributed by atoms with Gasteiger partial charge in [0.25, 0.3) is 0 Å². The number of hydrogen-bond donors (Lipinski definition) is 2. The third kappa shape index (κ3) is 4.21. The quantitative estimate of drug-likeness (QED) is 0.773. The van der Waals surface area contributed by atoms with Crippen LogP contribution < -0.4 is 5.32 Å². The fourth-order valence-corrected chi connectivity index (χ4v) is 1.07. The largest absolute Gasteiger partial charge is 0.480 e. The van der Waals surface area contributed by atoms with Gasteiger partial charge in [-0.2, -0.15) is 0 Å². The molecule has 17 heavy (non-hydrogen) atoms.